The van der Waals surface area contributed by atoms with E-state index in [0.717, 1.165) is 10.9 Å². The van der Waals surface area contributed by atoms with Crippen molar-refractivity contribution in [1.29, 1.82) is 0 Å². The predicted molar refractivity (Wildman–Crippen MR) is 157 cm³/mol. The molecular formula is C30H37N5O8. The Morgan fingerprint density at radius 2 is 1.51 bits per heavy atom. The van der Waals surface area contributed by atoms with Crippen molar-refractivity contribution in [3.8, 4) is 5.75 Å². The first-order chi connectivity index (χ1) is 20.4. The molecule has 13 nitrogen and oxygen atoms in total. The lowest BCUT2D eigenvalue weighted by Crippen LogP contribution is -2.59. The highest BCUT2D eigenvalue weighted by molar-refractivity contribution is 5.95. The van der Waals surface area contributed by atoms with E-state index in [2.05, 4.69) is 20.9 Å². The van der Waals surface area contributed by atoms with Gasteiger partial charge in [-0.1, -0.05) is 50.6 Å². The molecule has 0 saturated heterocycles. The molecule has 3 aromatic rings. The van der Waals surface area contributed by atoms with Gasteiger partial charge in [0.25, 0.3) is 0 Å². The van der Waals surface area contributed by atoms with Crippen molar-refractivity contribution in [3.05, 3.63) is 65.9 Å². The van der Waals surface area contributed by atoms with E-state index in [-0.39, 0.29) is 18.6 Å². The number of hydrogen-bond donors (Lipinski definition) is 8. The number of nitrogens with one attached hydrogen (secondary N) is 4. The van der Waals surface area contributed by atoms with Gasteiger partial charge in [-0.2, -0.15) is 0 Å². The second-order valence-corrected chi connectivity index (χ2v) is 10.5. The maximum Gasteiger partial charge on any atom is 0.326 e. The Hall–Kier alpha value is -4.91. The highest BCUT2D eigenvalue weighted by atomic mass is 16.4. The molecule has 230 valence electrons. The average Bonchev–Trinajstić information content (AvgIpc) is 3.37. The highest BCUT2D eigenvalue weighted by Gasteiger charge is 2.33. The standard InChI is InChI=1S/C30H37N5O8/c1-3-16(2)26(35-27(39)21(31)14-25(37)38)29(41)33-23(13-18-15-32-22-7-5-4-6-20(18)22)28(40)34-24(30(42)43)12-17-8-10-19(36)11-9-17/h4-11,15-16,21,23-24,26,32,36H,3,12-14,31H2,1-2H3,(H,33,41)(H,34,40)(H,35,39)(H,37,38)(H,42,43). The number of amides is 3. The average molecular weight is 596 g/mol. The Bertz CT molecular complexity index is 1450. The maximum absolute atomic E-state index is 13.6. The third kappa shape index (κ3) is 9.04. The van der Waals surface area contributed by atoms with Crippen molar-refractivity contribution in [3.63, 3.8) is 0 Å². The minimum Gasteiger partial charge on any atom is -0.508 e. The number of phenolic OH excluding ortho intramolecular Hbond substituents is 1. The fraction of sp³-hybridized carbons (Fsp3) is 0.367. The van der Waals surface area contributed by atoms with Crippen LogP contribution in [0.4, 0.5) is 0 Å². The third-order valence-electron chi connectivity index (χ3n) is 7.25. The summed E-state index contributed by atoms with van der Waals surface area (Å²) in [4.78, 5) is 66.0. The quantitative estimate of drug-likeness (QED) is 0.125. The molecular weight excluding hydrogens is 558 g/mol. The van der Waals surface area contributed by atoms with Gasteiger partial charge in [0.15, 0.2) is 0 Å². The Labute approximate surface area is 247 Å². The summed E-state index contributed by atoms with van der Waals surface area (Å²) < 4.78 is 0. The molecule has 1 aromatic heterocycles. The summed E-state index contributed by atoms with van der Waals surface area (Å²) in [6.45, 7) is 3.51. The number of fused-ring (bicyclic) bond motifs is 1. The van der Waals surface area contributed by atoms with Crippen LogP contribution in [-0.4, -0.2) is 74.1 Å². The number of para-hydroxylation sites is 1. The zero-order chi connectivity index (χ0) is 31.7. The molecule has 0 radical (unpaired) electrons. The molecule has 43 heavy (non-hydrogen) atoms. The normalized spacial score (nSPS) is 14.6. The largest absolute Gasteiger partial charge is 0.508 e. The molecule has 5 atom stereocenters. The molecule has 0 aliphatic rings. The number of carbonyl (C=O) groups excluding carboxylic acids is 3. The first kappa shape index (κ1) is 32.6. The second-order valence-electron chi connectivity index (χ2n) is 10.5. The van der Waals surface area contributed by atoms with E-state index in [9.17, 15) is 34.2 Å². The van der Waals surface area contributed by atoms with Crippen molar-refractivity contribution >= 4 is 40.6 Å². The number of aliphatic carboxylic acids is 2. The molecule has 0 fully saturated rings. The van der Waals surface area contributed by atoms with Crippen LogP contribution in [0.3, 0.4) is 0 Å². The van der Waals surface area contributed by atoms with Crippen LogP contribution >= 0.6 is 0 Å². The highest BCUT2D eigenvalue weighted by Crippen LogP contribution is 2.20. The monoisotopic (exact) mass is 595 g/mol. The summed E-state index contributed by atoms with van der Waals surface area (Å²) in [5.41, 5.74) is 7.74. The van der Waals surface area contributed by atoms with E-state index < -0.39 is 66.2 Å². The lowest BCUT2D eigenvalue weighted by Gasteiger charge is -2.28. The number of benzene rings is 2. The minimum atomic E-state index is -1.39. The molecule has 2 aromatic carbocycles. The molecule has 0 aliphatic carbocycles. The van der Waals surface area contributed by atoms with Gasteiger partial charge < -0.3 is 42.0 Å². The summed E-state index contributed by atoms with van der Waals surface area (Å²) in [5, 5.41) is 36.9. The third-order valence-corrected chi connectivity index (χ3v) is 7.25. The van der Waals surface area contributed by atoms with Gasteiger partial charge in [0.1, 0.15) is 23.9 Å². The van der Waals surface area contributed by atoms with Gasteiger partial charge in [-0.05, 0) is 35.2 Å². The Balaban J connectivity index is 1.88. The molecule has 3 amide bonds. The number of rotatable bonds is 15. The number of nitrogens with two attached hydrogens (primary N) is 1. The minimum absolute atomic E-state index is 0.00711. The van der Waals surface area contributed by atoms with E-state index in [4.69, 9.17) is 10.8 Å². The molecule has 0 aliphatic heterocycles. The molecule has 5 unspecified atom stereocenters. The molecule has 1 heterocycles. The zero-order valence-corrected chi connectivity index (χ0v) is 23.9. The number of phenols is 1. The van der Waals surface area contributed by atoms with E-state index >= 15 is 0 Å². The Morgan fingerprint density at radius 3 is 2.14 bits per heavy atom. The van der Waals surface area contributed by atoms with Crippen molar-refractivity contribution in [2.24, 2.45) is 11.7 Å². The molecule has 0 spiro atoms. The number of H-pyrrole nitrogens is 1. The molecule has 9 N–H and O–H groups in total. The van der Waals surface area contributed by atoms with Gasteiger partial charge in [-0.15, -0.1) is 0 Å². The SMILES string of the molecule is CCC(C)C(NC(=O)C(N)CC(=O)O)C(=O)NC(Cc1c[nH]c2ccccc12)C(=O)NC(Cc1ccc(O)cc1)C(=O)O. The number of hydrogen-bond acceptors (Lipinski definition) is 7. The summed E-state index contributed by atoms with van der Waals surface area (Å²) in [6, 6.07) is 8.10. The van der Waals surface area contributed by atoms with Gasteiger partial charge >= 0.3 is 11.9 Å². The van der Waals surface area contributed by atoms with Crippen molar-refractivity contribution in [2.75, 3.05) is 0 Å². The summed E-state index contributed by atoms with van der Waals surface area (Å²) in [6.07, 6.45) is 1.43. The summed E-state index contributed by atoms with van der Waals surface area (Å²) >= 11 is 0. The number of carbonyl (C=O) groups is 5. The fourth-order valence-electron chi connectivity index (χ4n) is 4.57. The van der Waals surface area contributed by atoms with Gasteiger partial charge in [0.2, 0.25) is 17.7 Å². The molecule has 3 rings (SSSR count). The van der Waals surface area contributed by atoms with Crippen molar-refractivity contribution in [1.82, 2.24) is 20.9 Å². The summed E-state index contributed by atoms with van der Waals surface area (Å²) in [5.74, 6) is -5.29. The van der Waals surface area contributed by atoms with Gasteiger partial charge in [0, 0.05) is 29.9 Å². The lowest BCUT2D eigenvalue weighted by atomic mass is 9.96. The van der Waals surface area contributed by atoms with Crippen molar-refractivity contribution in [2.45, 2.75) is 63.7 Å². The van der Waals surface area contributed by atoms with Gasteiger partial charge in [-0.3, -0.25) is 19.2 Å². The van der Waals surface area contributed by atoms with Crippen LogP contribution in [0.1, 0.15) is 37.8 Å². The number of aromatic amines is 1. The van der Waals surface area contributed by atoms with E-state index in [0.29, 0.717) is 17.5 Å². The lowest BCUT2D eigenvalue weighted by molar-refractivity contribution is -0.142. The number of aromatic nitrogens is 1. The van der Waals surface area contributed by atoms with Gasteiger partial charge in [-0.25, -0.2) is 4.79 Å². The van der Waals surface area contributed by atoms with E-state index in [1.165, 1.54) is 24.3 Å². The Kier molecular flexibility index (Phi) is 11.2. The van der Waals surface area contributed by atoms with Crippen LogP contribution in [0.25, 0.3) is 10.9 Å². The Morgan fingerprint density at radius 1 is 0.860 bits per heavy atom. The number of carboxylic acid groups (broad SMARTS) is 2. The van der Waals surface area contributed by atoms with Crippen LogP contribution in [0.15, 0.2) is 54.7 Å². The maximum atomic E-state index is 13.6. The molecule has 13 heteroatoms. The molecule has 0 bridgehead atoms. The zero-order valence-electron chi connectivity index (χ0n) is 23.9. The van der Waals surface area contributed by atoms with Crippen LogP contribution in [0.2, 0.25) is 0 Å². The van der Waals surface area contributed by atoms with Crippen LogP contribution < -0.4 is 21.7 Å². The predicted octanol–water partition coefficient (Wildman–Crippen LogP) is 1.05. The van der Waals surface area contributed by atoms with E-state index in [1.807, 2.05) is 24.3 Å². The first-order valence-corrected chi connectivity index (χ1v) is 13.8. The van der Waals surface area contributed by atoms with Crippen LogP contribution in [-0.2, 0) is 36.8 Å². The van der Waals surface area contributed by atoms with Crippen LogP contribution in [0.5, 0.6) is 5.75 Å². The summed E-state index contributed by atoms with van der Waals surface area (Å²) in [7, 11) is 0. The second kappa shape index (κ2) is 14.8. The number of carboxylic acids is 2. The topological polar surface area (TPSA) is 224 Å². The van der Waals surface area contributed by atoms with E-state index in [1.54, 1.807) is 20.0 Å². The smallest absolute Gasteiger partial charge is 0.326 e. The first-order valence-electron chi connectivity index (χ1n) is 13.8. The van der Waals surface area contributed by atoms with Crippen molar-refractivity contribution < 1.29 is 39.3 Å². The van der Waals surface area contributed by atoms with Crippen LogP contribution in [0, 0.1) is 5.92 Å². The van der Waals surface area contributed by atoms with Gasteiger partial charge in [0.05, 0.1) is 12.5 Å². The number of aromatic hydroxyl groups is 1. The molecule has 0 saturated carbocycles. The fourth-order valence-corrected chi connectivity index (χ4v) is 4.57.